The Bertz CT molecular complexity index is 810. The molecule has 0 bridgehead atoms. The van der Waals surface area contributed by atoms with Crippen molar-refractivity contribution in [3.8, 4) is 5.75 Å². The van der Waals surface area contributed by atoms with E-state index in [2.05, 4.69) is 52.5 Å². The smallest absolute Gasteiger partial charge is 0.189 e. The lowest BCUT2D eigenvalue weighted by molar-refractivity contribution is 0.262. The number of ether oxygens (including phenoxy) is 1. The second-order valence-electron chi connectivity index (χ2n) is 7.02. The topological polar surface area (TPSA) is 62.9 Å². The molecule has 0 amide bonds. The van der Waals surface area contributed by atoms with E-state index in [4.69, 9.17) is 10.5 Å². The summed E-state index contributed by atoms with van der Waals surface area (Å²) in [4.78, 5) is 7.04. The number of para-hydroxylation sites is 2. The number of guanidine groups is 1. The Kier molecular flexibility index (Phi) is 6.46. The molecule has 2 aromatic carbocycles. The van der Waals surface area contributed by atoms with E-state index in [1.807, 2.05) is 18.2 Å². The Balaban J connectivity index is 0.00000210. The Morgan fingerprint density at radius 3 is 2.93 bits per heavy atom. The molecule has 2 aliphatic rings. The highest BCUT2D eigenvalue weighted by Gasteiger charge is 2.23. The lowest BCUT2D eigenvalue weighted by atomic mass is 10.0. The van der Waals surface area contributed by atoms with E-state index in [1.165, 1.54) is 11.3 Å². The number of benzene rings is 2. The van der Waals surface area contributed by atoms with E-state index in [-0.39, 0.29) is 30.0 Å². The van der Waals surface area contributed by atoms with Gasteiger partial charge in [-0.1, -0.05) is 36.4 Å². The third-order valence-electron chi connectivity index (χ3n) is 5.26. The Hall–Kier alpha value is -1.96. The van der Waals surface area contributed by atoms with E-state index in [0.29, 0.717) is 25.2 Å². The number of fused-ring (bicyclic) bond motifs is 2. The summed E-state index contributed by atoms with van der Waals surface area (Å²) in [7, 11) is 0. The largest absolute Gasteiger partial charge is 0.493 e. The maximum Gasteiger partial charge on any atom is 0.189 e. The van der Waals surface area contributed by atoms with Crippen LogP contribution in [0.25, 0.3) is 0 Å². The predicted octanol–water partition coefficient (Wildman–Crippen LogP) is 3.48. The van der Waals surface area contributed by atoms with Gasteiger partial charge >= 0.3 is 0 Å². The first-order valence-electron chi connectivity index (χ1n) is 9.35. The lowest BCUT2D eigenvalue weighted by Gasteiger charge is -2.28. The fourth-order valence-electron chi connectivity index (χ4n) is 3.87. The lowest BCUT2D eigenvalue weighted by Crippen LogP contribution is -2.39. The molecule has 4 rings (SSSR count). The third-order valence-corrected chi connectivity index (χ3v) is 5.26. The number of rotatable bonds is 4. The molecule has 2 atom stereocenters. The van der Waals surface area contributed by atoms with E-state index < -0.39 is 0 Å². The zero-order valence-corrected chi connectivity index (χ0v) is 17.9. The monoisotopic (exact) mass is 478 g/mol. The summed E-state index contributed by atoms with van der Waals surface area (Å²) >= 11 is 0. The summed E-state index contributed by atoms with van der Waals surface area (Å²) in [6.07, 6.45) is 2.00. The van der Waals surface area contributed by atoms with Crippen LogP contribution in [0.3, 0.4) is 0 Å². The number of nitrogens with one attached hydrogen (secondary N) is 1. The number of aliphatic imine (C=N–C) groups is 1. The van der Waals surface area contributed by atoms with Gasteiger partial charge in [-0.25, -0.2) is 0 Å². The van der Waals surface area contributed by atoms with Gasteiger partial charge in [0.25, 0.3) is 0 Å². The van der Waals surface area contributed by atoms with Crippen molar-refractivity contribution in [2.45, 2.75) is 31.8 Å². The highest BCUT2D eigenvalue weighted by atomic mass is 127. The normalized spacial score (nSPS) is 19.4. The zero-order valence-electron chi connectivity index (χ0n) is 15.6. The SMILES string of the molecule is CC(CN=C(N)NC1CCOc2ccccc21)N1CCc2ccccc21.I. The van der Waals surface area contributed by atoms with Crippen LogP contribution in [-0.2, 0) is 6.42 Å². The quantitative estimate of drug-likeness (QED) is 0.402. The van der Waals surface area contributed by atoms with Crippen molar-refractivity contribution in [2.75, 3.05) is 24.6 Å². The maximum atomic E-state index is 6.18. The molecule has 0 fully saturated rings. The van der Waals surface area contributed by atoms with Crippen LogP contribution < -0.4 is 20.7 Å². The van der Waals surface area contributed by atoms with Gasteiger partial charge in [0, 0.05) is 30.3 Å². The van der Waals surface area contributed by atoms with E-state index >= 15 is 0 Å². The Labute approximate surface area is 178 Å². The Morgan fingerprint density at radius 2 is 2.04 bits per heavy atom. The van der Waals surface area contributed by atoms with Gasteiger partial charge in [0.1, 0.15) is 5.75 Å². The predicted molar refractivity (Wildman–Crippen MR) is 121 cm³/mol. The van der Waals surface area contributed by atoms with Crippen LogP contribution in [0.1, 0.15) is 30.5 Å². The molecular weight excluding hydrogens is 451 g/mol. The molecule has 0 aliphatic carbocycles. The van der Waals surface area contributed by atoms with Gasteiger partial charge in [-0.3, -0.25) is 4.99 Å². The average molecular weight is 478 g/mol. The molecule has 2 aliphatic heterocycles. The van der Waals surface area contributed by atoms with Crippen LogP contribution >= 0.6 is 24.0 Å². The van der Waals surface area contributed by atoms with Crippen LogP contribution in [0.2, 0.25) is 0 Å². The second kappa shape index (κ2) is 8.82. The molecule has 2 aromatic rings. The average Bonchev–Trinajstić information content (AvgIpc) is 3.11. The van der Waals surface area contributed by atoms with Gasteiger partial charge in [-0.05, 0) is 31.0 Å². The molecule has 0 saturated carbocycles. The Morgan fingerprint density at radius 1 is 1.26 bits per heavy atom. The van der Waals surface area contributed by atoms with Crippen LogP contribution in [0.4, 0.5) is 5.69 Å². The molecule has 5 nitrogen and oxygen atoms in total. The highest BCUT2D eigenvalue weighted by molar-refractivity contribution is 14.0. The number of nitrogens with zero attached hydrogens (tertiary/aromatic N) is 2. The summed E-state index contributed by atoms with van der Waals surface area (Å²) < 4.78 is 5.71. The van der Waals surface area contributed by atoms with Crippen molar-refractivity contribution < 1.29 is 4.74 Å². The minimum absolute atomic E-state index is 0. The first kappa shape index (κ1) is 19.8. The second-order valence-corrected chi connectivity index (χ2v) is 7.02. The van der Waals surface area contributed by atoms with Crippen LogP contribution in [0, 0.1) is 0 Å². The van der Waals surface area contributed by atoms with Crippen molar-refractivity contribution in [2.24, 2.45) is 10.7 Å². The molecule has 2 unspecified atom stereocenters. The first-order chi connectivity index (χ1) is 12.7. The molecule has 0 spiro atoms. The number of anilines is 1. The molecule has 27 heavy (non-hydrogen) atoms. The van der Waals surface area contributed by atoms with Crippen molar-refractivity contribution in [1.29, 1.82) is 0 Å². The molecule has 0 radical (unpaired) electrons. The van der Waals surface area contributed by atoms with Gasteiger partial charge in [0.15, 0.2) is 5.96 Å². The van der Waals surface area contributed by atoms with Gasteiger partial charge in [0.2, 0.25) is 0 Å². The number of halogens is 1. The minimum Gasteiger partial charge on any atom is -0.493 e. The van der Waals surface area contributed by atoms with E-state index in [1.54, 1.807) is 0 Å². The van der Waals surface area contributed by atoms with Gasteiger partial charge in [0.05, 0.1) is 19.2 Å². The fraction of sp³-hybridized carbons (Fsp3) is 0.381. The molecule has 0 saturated heterocycles. The molecule has 144 valence electrons. The minimum atomic E-state index is 0. The van der Waals surface area contributed by atoms with Crippen molar-refractivity contribution in [1.82, 2.24) is 5.32 Å². The zero-order chi connectivity index (χ0) is 17.9. The van der Waals surface area contributed by atoms with Gasteiger partial charge < -0.3 is 20.7 Å². The highest BCUT2D eigenvalue weighted by Crippen LogP contribution is 2.31. The molecule has 0 aromatic heterocycles. The molecule has 2 heterocycles. The van der Waals surface area contributed by atoms with Crippen molar-refractivity contribution >= 4 is 35.6 Å². The molecular formula is C21H27IN4O. The number of nitrogens with two attached hydrogens (primary N) is 1. The van der Waals surface area contributed by atoms with Crippen molar-refractivity contribution in [3.05, 3.63) is 59.7 Å². The molecule has 6 heteroatoms. The van der Waals surface area contributed by atoms with Crippen molar-refractivity contribution in [3.63, 3.8) is 0 Å². The maximum absolute atomic E-state index is 6.18. The van der Waals surface area contributed by atoms with Gasteiger partial charge in [-0.15, -0.1) is 24.0 Å². The van der Waals surface area contributed by atoms with Crippen LogP contribution in [0.5, 0.6) is 5.75 Å². The summed E-state index contributed by atoms with van der Waals surface area (Å²) in [5.74, 6) is 1.44. The summed E-state index contributed by atoms with van der Waals surface area (Å²) in [5, 5.41) is 3.37. The standard InChI is InChI=1S/C21H26N4O.HI/c1-15(25-12-10-16-6-2-4-8-19(16)25)14-23-21(22)24-18-11-13-26-20-9-5-3-7-17(18)20;/h2-9,15,18H,10-14H2,1H3,(H3,22,23,24);1H. The summed E-state index contributed by atoms with van der Waals surface area (Å²) in [6.45, 7) is 4.64. The van der Waals surface area contributed by atoms with E-state index in [9.17, 15) is 0 Å². The summed E-state index contributed by atoms with van der Waals surface area (Å²) in [5.41, 5.74) is 10.1. The van der Waals surface area contributed by atoms with Crippen LogP contribution in [0.15, 0.2) is 53.5 Å². The van der Waals surface area contributed by atoms with Gasteiger partial charge in [-0.2, -0.15) is 0 Å². The van der Waals surface area contributed by atoms with E-state index in [0.717, 1.165) is 30.7 Å². The third kappa shape index (κ3) is 4.31. The fourth-order valence-corrected chi connectivity index (χ4v) is 3.87. The summed E-state index contributed by atoms with van der Waals surface area (Å²) in [6, 6.07) is 17.2. The number of hydrogen-bond donors (Lipinski definition) is 2. The van der Waals surface area contributed by atoms with Crippen LogP contribution in [-0.4, -0.2) is 31.7 Å². The first-order valence-corrected chi connectivity index (χ1v) is 9.35. The number of hydrogen-bond acceptors (Lipinski definition) is 3. The molecule has 3 N–H and O–H groups in total.